The third-order valence-electron chi connectivity index (χ3n) is 6.44. The van der Waals surface area contributed by atoms with Gasteiger partial charge in [0.25, 0.3) is 0 Å². The molecule has 0 aromatic carbocycles. The number of amides is 1. The zero-order valence-corrected chi connectivity index (χ0v) is 18.2. The highest BCUT2D eigenvalue weighted by Gasteiger charge is 2.53. The lowest BCUT2D eigenvalue weighted by Gasteiger charge is -2.32. The van der Waals surface area contributed by atoms with Crippen molar-refractivity contribution in [2.75, 3.05) is 59.9 Å². The van der Waals surface area contributed by atoms with E-state index in [-0.39, 0.29) is 29.9 Å². The SMILES string of the molecule is CN=C(NCCC(=O)N1CCN(C)CC1)N1CC2C3CCC(O3)C2C1.I. The molecule has 8 heteroatoms. The van der Waals surface area contributed by atoms with Crippen LogP contribution >= 0.6 is 24.0 Å². The van der Waals surface area contributed by atoms with Crippen molar-refractivity contribution in [2.45, 2.75) is 31.5 Å². The highest BCUT2D eigenvalue weighted by molar-refractivity contribution is 14.0. The van der Waals surface area contributed by atoms with Gasteiger partial charge in [0.1, 0.15) is 0 Å². The van der Waals surface area contributed by atoms with Crippen LogP contribution in [0.1, 0.15) is 19.3 Å². The van der Waals surface area contributed by atoms with E-state index < -0.39 is 0 Å². The predicted octanol–water partition coefficient (Wildman–Crippen LogP) is 0.453. The fraction of sp³-hybridized carbons (Fsp3) is 0.889. The number of guanidine groups is 1. The lowest BCUT2D eigenvalue weighted by Crippen LogP contribution is -2.48. The summed E-state index contributed by atoms with van der Waals surface area (Å²) < 4.78 is 6.05. The number of aliphatic imine (C=N–C) groups is 1. The van der Waals surface area contributed by atoms with E-state index in [1.54, 1.807) is 0 Å². The fourth-order valence-corrected chi connectivity index (χ4v) is 4.96. The molecule has 4 unspecified atom stereocenters. The van der Waals surface area contributed by atoms with E-state index in [0.29, 0.717) is 37.0 Å². The Morgan fingerprint density at radius 2 is 1.69 bits per heavy atom. The molecule has 4 aliphatic rings. The Kier molecular flexibility index (Phi) is 6.66. The van der Waals surface area contributed by atoms with Gasteiger partial charge in [-0.05, 0) is 19.9 Å². The van der Waals surface area contributed by atoms with Gasteiger partial charge in [0.15, 0.2) is 5.96 Å². The highest BCUT2D eigenvalue weighted by atomic mass is 127. The number of piperazine rings is 1. The van der Waals surface area contributed by atoms with E-state index in [1.165, 1.54) is 12.8 Å². The summed E-state index contributed by atoms with van der Waals surface area (Å²) in [7, 11) is 3.94. The molecule has 1 amide bonds. The number of nitrogens with zero attached hydrogens (tertiary/aromatic N) is 4. The third kappa shape index (κ3) is 3.96. The lowest BCUT2D eigenvalue weighted by molar-refractivity contribution is -0.132. The molecule has 4 atom stereocenters. The van der Waals surface area contributed by atoms with Crippen molar-refractivity contribution in [1.82, 2.24) is 20.0 Å². The molecule has 4 fully saturated rings. The quantitative estimate of drug-likeness (QED) is 0.364. The van der Waals surface area contributed by atoms with E-state index in [1.807, 2.05) is 11.9 Å². The van der Waals surface area contributed by atoms with E-state index in [0.717, 1.165) is 45.2 Å². The summed E-state index contributed by atoms with van der Waals surface area (Å²) in [6.45, 7) is 6.39. The molecule has 0 spiro atoms. The molecule has 0 aliphatic carbocycles. The maximum atomic E-state index is 12.3. The molecule has 1 N–H and O–H groups in total. The first-order chi connectivity index (χ1) is 12.2. The molecule has 0 radical (unpaired) electrons. The smallest absolute Gasteiger partial charge is 0.224 e. The van der Waals surface area contributed by atoms with Gasteiger partial charge < -0.3 is 24.8 Å². The van der Waals surface area contributed by atoms with Crippen LogP contribution in [0.15, 0.2) is 4.99 Å². The van der Waals surface area contributed by atoms with Crippen LogP contribution in [0.25, 0.3) is 0 Å². The van der Waals surface area contributed by atoms with Crippen LogP contribution in [-0.2, 0) is 9.53 Å². The monoisotopic (exact) mass is 477 g/mol. The zero-order chi connectivity index (χ0) is 17.4. The number of fused-ring (bicyclic) bond motifs is 5. The fourth-order valence-electron chi connectivity index (χ4n) is 4.96. The number of likely N-dealkylation sites (tertiary alicyclic amines) is 1. The van der Waals surface area contributed by atoms with Gasteiger partial charge in [-0.1, -0.05) is 0 Å². The molecule has 0 saturated carbocycles. The van der Waals surface area contributed by atoms with Crippen LogP contribution in [0.5, 0.6) is 0 Å². The van der Waals surface area contributed by atoms with Crippen LogP contribution in [0, 0.1) is 11.8 Å². The molecular formula is C18H32IN5O2. The van der Waals surface area contributed by atoms with Crippen LogP contribution in [0.2, 0.25) is 0 Å². The molecule has 4 aliphatic heterocycles. The van der Waals surface area contributed by atoms with Gasteiger partial charge in [0, 0.05) is 71.1 Å². The van der Waals surface area contributed by atoms with Crippen molar-refractivity contribution < 1.29 is 9.53 Å². The van der Waals surface area contributed by atoms with Crippen LogP contribution in [0.3, 0.4) is 0 Å². The lowest BCUT2D eigenvalue weighted by atomic mass is 9.82. The third-order valence-corrected chi connectivity index (χ3v) is 6.44. The molecule has 0 aromatic rings. The molecular weight excluding hydrogens is 445 g/mol. The summed E-state index contributed by atoms with van der Waals surface area (Å²) >= 11 is 0. The Labute approximate surface area is 173 Å². The number of nitrogens with one attached hydrogen (secondary N) is 1. The zero-order valence-electron chi connectivity index (χ0n) is 15.9. The molecule has 2 bridgehead atoms. The van der Waals surface area contributed by atoms with Gasteiger partial charge in [-0.15, -0.1) is 24.0 Å². The number of carbonyl (C=O) groups is 1. The van der Waals surface area contributed by atoms with Crippen molar-refractivity contribution in [1.29, 1.82) is 0 Å². The minimum Gasteiger partial charge on any atom is -0.374 e. The summed E-state index contributed by atoms with van der Waals surface area (Å²) in [5.74, 6) is 2.54. The number of hydrogen-bond acceptors (Lipinski definition) is 4. The van der Waals surface area contributed by atoms with Crippen LogP contribution in [0.4, 0.5) is 0 Å². The van der Waals surface area contributed by atoms with Gasteiger partial charge >= 0.3 is 0 Å². The normalized spacial score (nSPS) is 34.0. The maximum absolute atomic E-state index is 12.3. The number of halogens is 1. The topological polar surface area (TPSA) is 60.4 Å². The summed E-state index contributed by atoms with van der Waals surface area (Å²) in [4.78, 5) is 23.4. The van der Waals surface area contributed by atoms with Crippen molar-refractivity contribution >= 4 is 35.8 Å². The minimum atomic E-state index is 0. The molecule has 148 valence electrons. The van der Waals surface area contributed by atoms with Gasteiger partial charge in [-0.25, -0.2) is 0 Å². The van der Waals surface area contributed by atoms with Crippen molar-refractivity contribution in [3.05, 3.63) is 0 Å². The van der Waals surface area contributed by atoms with Gasteiger partial charge in [-0.2, -0.15) is 0 Å². The first-order valence-electron chi connectivity index (χ1n) is 9.73. The van der Waals surface area contributed by atoms with E-state index >= 15 is 0 Å². The Balaban J connectivity index is 0.00000196. The average molecular weight is 477 g/mol. The van der Waals surface area contributed by atoms with E-state index in [9.17, 15) is 4.79 Å². The van der Waals surface area contributed by atoms with Gasteiger partial charge in [-0.3, -0.25) is 9.79 Å². The standard InChI is InChI=1S/C18H31N5O2.HI/c1-19-18(20-6-5-17(24)22-9-7-21(2)8-10-22)23-11-13-14(12-23)16-4-3-15(13)25-16;/h13-16H,3-12H2,1-2H3,(H,19,20);1H. The van der Waals surface area contributed by atoms with E-state index in [4.69, 9.17) is 4.74 Å². The minimum absolute atomic E-state index is 0. The molecule has 0 aromatic heterocycles. The molecule has 4 saturated heterocycles. The maximum Gasteiger partial charge on any atom is 0.224 e. The second kappa shape index (κ2) is 8.60. The molecule has 4 rings (SSSR count). The van der Waals surface area contributed by atoms with Gasteiger partial charge in [0.2, 0.25) is 5.91 Å². The van der Waals surface area contributed by atoms with E-state index in [2.05, 4.69) is 27.2 Å². The molecule has 4 heterocycles. The van der Waals surface area contributed by atoms with Crippen LogP contribution in [-0.4, -0.2) is 98.7 Å². The molecule has 7 nitrogen and oxygen atoms in total. The second-order valence-corrected chi connectivity index (χ2v) is 7.93. The Morgan fingerprint density at radius 1 is 1.08 bits per heavy atom. The Morgan fingerprint density at radius 3 is 2.27 bits per heavy atom. The number of likely N-dealkylation sites (N-methyl/N-ethyl adjacent to an activating group) is 1. The molecule has 26 heavy (non-hydrogen) atoms. The van der Waals surface area contributed by atoms with Crippen LogP contribution < -0.4 is 5.32 Å². The van der Waals surface area contributed by atoms with Crippen molar-refractivity contribution in [2.24, 2.45) is 16.8 Å². The van der Waals surface area contributed by atoms with Crippen molar-refractivity contribution in [3.8, 4) is 0 Å². The largest absolute Gasteiger partial charge is 0.374 e. The number of carbonyl (C=O) groups excluding carboxylic acids is 1. The number of hydrogen-bond donors (Lipinski definition) is 1. The summed E-state index contributed by atoms with van der Waals surface area (Å²) in [5, 5.41) is 3.41. The second-order valence-electron chi connectivity index (χ2n) is 7.93. The summed E-state index contributed by atoms with van der Waals surface area (Å²) in [5.41, 5.74) is 0. The average Bonchev–Trinajstić information content (AvgIpc) is 3.32. The number of ether oxygens (including phenoxy) is 1. The summed E-state index contributed by atoms with van der Waals surface area (Å²) in [6.07, 6.45) is 3.93. The van der Waals surface area contributed by atoms with Gasteiger partial charge in [0.05, 0.1) is 12.2 Å². The predicted molar refractivity (Wildman–Crippen MR) is 112 cm³/mol. The number of rotatable bonds is 3. The highest BCUT2D eigenvalue weighted by Crippen LogP contribution is 2.47. The first-order valence-corrected chi connectivity index (χ1v) is 9.73. The Hall–Kier alpha value is -0.610. The summed E-state index contributed by atoms with van der Waals surface area (Å²) in [6, 6.07) is 0. The first kappa shape index (κ1) is 20.1. The Bertz CT molecular complexity index is 520. The van der Waals surface area contributed by atoms with Crippen molar-refractivity contribution in [3.63, 3.8) is 0 Å².